The molecular formula is C58H64ClN13O3. The van der Waals surface area contributed by atoms with Crippen molar-refractivity contribution in [2.45, 2.75) is 123 Å². The van der Waals surface area contributed by atoms with Crippen LogP contribution in [0.25, 0.3) is 5.65 Å². The number of nitrogens with one attached hydrogen (secondary N) is 6. The standard InChI is InChI=1S/C58H64ClN13O3/c1-28-15-37-18-34(19-45(60-37)31(4)56(73)63-52-23-48(66-69-52)35-13-14-35)9-7-11-38(28)40-21-42(40)49-24-53(70-67-49)64-57(74)32(5)46-20-36-10-8-12-39(29(2)16-47(36)61-46)41-22-43(41)50-25-54(71-68-50)65-58(75)33(6)51-27-72-26-44(59)30(3)17-55(72)62-51/h11-12,15-17,19-20,23-27,31-36,40-43H,7-10,13-14,18,21-22H2,1-6H3,(H2,63,66,69,73)(H2,64,67,70,74)(H2,65,68,71,75)/b28-15-,29-16-,38-11+,39-12+/t31-,32?,33+,34?,36?,40?,41?,42?,43?/m0/s1. The summed E-state index contributed by atoms with van der Waals surface area (Å²) in [5.41, 5.74) is 14.1. The summed E-state index contributed by atoms with van der Waals surface area (Å²) in [6, 6.07) is 7.79. The van der Waals surface area contributed by atoms with Crippen LogP contribution in [0.15, 0.2) is 117 Å². The zero-order chi connectivity index (χ0) is 51.8. The van der Waals surface area contributed by atoms with Gasteiger partial charge in [0.2, 0.25) is 17.7 Å². The number of carbonyl (C=O) groups excluding carboxylic acids is 3. The van der Waals surface area contributed by atoms with Crippen LogP contribution in [0, 0.1) is 42.4 Å². The molecule has 0 aromatic carbocycles. The Hall–Kier alpha value is -7.20. The maximum absolute atomic E-state index is 13.8. The zero-order valence-electron chi connectivity index (χ0n) is 43.3. The van der Waals surface area contributed by atoms with Gasteiger partial charge >= 0.3 is 0 Å². The van der Waals surface area contributed by atoms with E-state index >= 15 is 0 Å². The first kappa shape index (κ1) is 48.7. The number of aromatic amines is 3. The van der Waals surface area contributed by atoms with Crippen molar-refractivity contribution in [1.29, 1.82) is 0 Å². The number of aryl methyl sites for hydroxylation is 1. The number of hydrogen-bond donors (Lipinski definition) is 6. The van der Waals surface area contributed by atoms with Gasteiger partial charge in [0.15, 0.2) is 17.5 Å². The molecule has 3 saturated carbocycles. The van der Waals surface area contributed by atoms with Crippen molar-refractivity contribution >= 4 is 63.8 Å². The Morgan fingerprint density at radius 3 is 1.84 bits per heavy atom. The van der Waals surface area contributed by atoms with Crippen molar-refractivity contribution in [3.8, 4) is 0 Å². The minimum atomic E-state index is -0.487. The number of H-pyrrole nitrogens is 3. The fourth-order valence-electron chi connectivity index (χ4n) is 11.6. The molecule has 9 atom stereocenters. The Labute approximate surface area is 441 Å². The van der Waals surface area contributed by atoms with Crippen molar-refractivity contribution in [3.63, 3.8) is 0 Å². The Morgan fingerprint density at radius 1 is 0.653 bits per heavy atom. The van der Waals surface area contributed by atoms with Crippen molar-refractivity contribution < 1.29 is 14.4 Å². The van der Waals surface area contributed by atoms with Crippen molar-refractivity contribution in [2.75, 3.05) is 16.0 Å². The molecule has 2 bridgehead atoms. The zero-order valence-corrected chi connectivity index (χ0v) is 44.1. The van der Waals surface area contributed by atoms with Crippen LogP contribution in [0.2, 0.25) is 5.02 Å². The molecular weight excluding hydrogens is 962 g/mol. The molecule has 6 N–H and O–H groups in total. The van der Waals surface area contributed by atoms with Crippen LogP contribution in [0.4, 0.5) is 17.5 Å². The van der Waals surface area contributed by atoms with Crippen molar-refractivity contribution in [2.24, 2.45) is 45.5 Å². The minimum Gasteiger partial charge on any atom is -0.309 e. The lowest BCUT2D eigenvalue weighted by molar-refractivity contribution is -0.119. The van der Waals surface area contributed by atoms with Gasteiger partial charge in [0.1, 0.15) is 5.65 Å². The van der Waals surface area contributed by atoms with Crippen LogP contribution in [-0.4, -0.2) is 69.1 Å². The third-order valence-corrected chi connectivity index (χ3v) is 17.0. The van der Waals surface area contributed by atoms with E-state index in [1.54, 1.807) is 0 Å². The van der Waals surface area contributed by atoms with Gasteiger partial charge < -0.3 is 20.4 Å². The quantitative estimate of drug-likeness (QED) is 0.0632. The highest BCUT2D eigenvalue weighted by molar-refractivity contribution is 6.31. The predicted molar refractivity (Wildman–Crippen MR) is 292 cm³/mol. The third-order valence-electron chi connectivity index (χ3n) is 16.6. The fraction of sp³-hybridized carbons (Fsp3) is 0.431. The molecule has 386 valence electrons. The molecule has 0 spiro atoms. The molecule has 75 heavy (non-hydrogen) atoms. The molecule has 7 unspecified atom stereocenters. The Kier molecular flexibility index (Phi) is 12.7. The average molecular weight is 1030 g/mol. The van der Waals surface area contributed by atoms with E-state index in [-0.39, 0.29) is 35.5 Å². The number of aliphatic imine (C=N–C) groups is 2. The second kappa shape index (κ2) is 19.5. The Balaban J connectivity index is 0.634. The molecule has 5 aliphatic carbocycles. The molecule has 5 aromatic heterocycles. The predicted octanol–water partition coefficient (Wildman–Crippen LogP) is 11.5. The molecule has 7 aliphatic rings. The van der Waals surface area contributed by atoms with E-state index in [1.165, 1.54) is 35.1 Å². The van der Waals surface area contributed by atoms with Crippen LogP contribution in [0.1, 0.15) is 144 Å². The molecule has 16 nitrogen and oxygen atoms in total. The minimum absolute atomic E-state index is 0.0991. The number of anilines is 3. The smallest absolute Gasteiger partial charge is 0.234 e. The first-order valence-corrected chi connectivity index (χ1v) is 27.2. The number of carbonyl (C=O) groups is 3. The second-order valence-corrected chi connectivity index (χ2v) is 22.6. The van der Waals surface area contributed by atoms with Crippen LogP contribution >= 0.6 is 11.6 Å². The van der Waals surface area contributed by atoms with E-state index in [1.807, 2.05) is 68.8 Å². The second-order valence-electron chi connectivity index (χ2n) is 22.2. The molecule has 0 radical (unpaired) electrons. The van der Waals surface area contributed by atoms with E-state index < -0.39 is 17.8 Å². The van der Waals surface area contributed by atoms with E-state index in [0.717, 1.165) is 96.1 Å². The van der Waals surface area contributed by atoms with Crippen LogP contribution in [0.5, 0.6) is 0 Å². The van der Waals surface area contributed by atoms with Gasteiger partial charge in [-0.3, -0.25) is 39.7 Å². The normalized spacial score (nSPS) is 28.1. The van der Waals surface area contributed by atoms with E-state index in [4.69, 9.17) is 21.6 Å². The van der Waals surface area contributed by atoms with Crippen LogP contribution in [-0.2, 0) is 14.4 Å². The van der Waals surface area contributed by atoms with Gasteiger partial charge in [-0.1, -0.05) is 35.9 Å². The number of allylic oxidation sites excluding steroid dienone is 10. The van der Waals surface area contributed by atoms with Crippen molar-refractivity contribution in [1.82, 2.24) is 40.0 Å². The first-order chi connectivity index (χ1) is 36.2. The average Bonchev–Trinajstić information content (AvgIpc) is 4.33. The number of amides is 3. The highest BCUT2D eigenvalue weighted by Gasteiger charge is 2.44. The molecule has 12 rings (SSSR count). The van der Waals surface area contributed by atoms with Crippen LogP contribution < -0.4 is 16.0 Å². The van der Waals surface area contributed by atoms with Gasteiger partial charge in [0, 0.05) is 94.2 Å². The number of imidazole rings is 1. The van der Waals surface area contributed by atoms with Crippen LogP contribution in [0.3, 0.4) is 0 Å². The monoisotopic (exact) mass is 1030 g/mol. The van der Waals surface area contributed by atoms with Gasteiger partial charge in [-0.05, 0) is 163 Å². The summed E-state index contributed by atoms with van der Waals surface area (Å²) in [5, 5.41) is 32.5. The third kappa shape index (κ3) is 10.1. The molecule has 7 heterocycles. The van der Waals surface area contributed by atoms with Gasteiger partial charge in [-0.2, -0.15) is 15.3 Å². The maximum Gasteiger partial charge on any atom is 0.234 e. The van der Waals surface area contributed by atoms with Crippen molar-refractivity contribution in [3.05, 3.63) is 140 Å². The molecule has 3 fully saturated rings. The van der Waals surface area contributed by atoms with E-state index in [2.05, 4.69) is 102 Å². The highest BCUT2D eigenvalue weighted by atomic mass is 35.5. The van der Waals surface area contributed by atoms with E-state index in [9.17, 15) is 14.4 Å². The lowest BCUT2D eigenvalue weighted by Gasteiger charge is -2.22. The molecule has 5 aromatic rings. The highest BCUT2D eigenvalue weighted by Crippen LogP contribution is 2.55. The first-order valence-electron chi connectivity index (χ1n) is 26.8. The fourth-order valence-corrected chi connectivity index (χ4v) is 11.8. The number of halogens is 1. The Morgan fingerprint density at radius 2 is 1.21 bits per heavy atom. The number of rotatable bonds is 14. The molecule has 17 heteroatoms. The number of nitrogens with zero attached hydrogens (tertiary/aromatic N) is 7. The largest absolute Gasteiger partial charge is 0.309 e. The summed E-state index contributed by atoms with van der Waals surface area (Å²) in [6.45, 7) is 11.9. The summed E-state index contributed by atoms with van der Waals surface area (Å²) in [6.07, 6.45) is 26.1. The molecule has 3 amide bonds. The number of hydrogen-bond acceptors (Lipinski definition) is 9. The van der Waals surface area contributed by atoms with E-state index in [0.29, 0.717) is 51.8 Å². The topological polar surface area (TPSA) is 215 Å². The summed E-state index contributed by atoms with van der Waals surface area (Å²) >= 11 is 6.32. The molecule has 2 aliphatic heterocycles. The maximum atomic E-state index is 13.8. The SMILES string of the molecule is CC1=C/C2=NC([C@H](C)C(=O)Nc3cc(C4CC4)[nH]n3)=CC(CC/C=C\1C1CC1c1cc(NC(=O)C(C)C3=CC4CC/C=C(C5CC5c5cc(NC(=O)[C@H](C)c6cn7cc(Cl)c(C)cc7n6)n[nH]5)\C(C)=C/C4=N3)n[nH]1)C2. The van der Waals surface area contributed by atoms with Gasteiger partial charge in [-0.25, -0.2) is 4.98 Å². The lowest BCUT2D eigenvalue weighted by Crippen LogP contribution is -2.24. The summed E-state index contributed by atoms with van der Waals surface area (Å²) in [5.74, 6) is 2.03. The summed E-state index contributed by atoms with van der Waals surface area (Å²) < 4.78 is 1.84. The van der Waals surface area contributed by atoms with Gasteiger partial charge in [0.05, 0.1) is 28.5 Å². The number of aromatic nitrogens is 8. The summed E-state index contributed by atoms with van der Waals surface area (Å²) in [7, 11) is 0. The Bertz CT molecular complexity index is 3380. The molecule has 0 saturated heterocycles. The van der Waals surface area contributed by atoms with Gasteiger partial charge in [-0.15, -0.1) is 0 Å². The number of pyridine rings is 1. The number of fused-ring (bicyclic) bond motifs is 4. The summed E-state index contributed by atoms with van der Waals surface area (Å²) in [4.78, 5) is 55.2. The lowest BCUT2D eigenvalue weighted by atomic mass is 9.89. The van der Waals surface area contributed by atoms with Gasteiger partial charge in [0.25, 0.3) is 0 Å².